The predicted octanol–water partition coefficient (Wildman–Crippen LogP) is 5.99. The van der Waals surface area contributed by atoms with Gasteiger partial charge in [-0.2, -0.15) is 4.57 Å². The molecule has 140 valence electrons. The molecule has 0 atom stereocenters. The van der Waals surface area contributed by atoms with Crippen LogP contribution in [0.3, 0.4) is 0 Å². The zero-order valence-corrected chi connectivity index (χ0v) is 16.5. The molecule has 0 aliphatic carbocycles. The molecule has 6 aromatic rings. The largest absolute Gasteiger partial charge is 0.450 e. The molecular formula is C25H19N2O2+. The van der Waals surface area contributed by atoms with Crippen molar-refractivity contribution >= 4 is 44.0 Å². The van der Waals surface area contributed by atoms with Crippen molar-refractivity contribution in [3.8, 4) is 11.3 Å². The van der Waals surface area contributed by atoms with Gasteiger partial charge < -0.3 is 8.83 Å². The first kappa shape index (κ1) is 16.3. The van der Waals surface area contributed by atoms with Crippen LogP contribution in [0, 0.1) is 13.8 Å². The average molecular weight is 379 g/mol. The zero-order valence-electron chi connectivity index (χ0n) is 16.5. The highest BCUT2D eigenvalue weighted by molar-refractivity contribution is 6.10. The Labute approximate surface area is 167 Å². The molecule has 4 nitrogen and oxygen atoms in total. The molecule has 0 saturated heterocycles. The molecular weight excluding hydrogens is 360 g/mol. The van der Waals surface area contributed by atoms with E-state index in [0.717, 1.165) is 60.8 Å². The molecule has 0 fully saturated rings. The van der Waals surface area contributed by atoms with Crippen LogP contribution in [-0.2, 0) is 7.05 Å². The fourth-order valence-electron chi connectivity index (χ4n) is 4.29. The minimum atomic E-state index is 0.685. The first-order valence-electron chi connectivity index (χ1n) is 9.71. The van der Waals surface area contributed by atoms with E-state index in [2.05, 4.69) is 46.8 Å². The van der Waals surface area contributed by atoms with Crippen LogP contribution in [-0.4, -0.2) is 4.98 Å². The monoisotopic (exact) mass is 379 g/mol. The fraction of sp³-hybridized carbons (Fsp3) is 0.120. The third kappa shape index (κ3) is 2.26. The third-order valence-electron chi connectivity index (χ3n) is 5.75. The number of pyridine rings is 2. The van der Waals surface area contributed by atoms with Crippen LogP contribution in [0.4, 0.5) is 0 Å². The molecule has 4 heteroatoms. The number of furan rings is 2. The summed E-state index contributed by atoms with van der Waals surface area (Å²) in [5.74, 6) is 0. The van der Waals surface area contributed by atoms with Crippen molar-refractivity contribution in [3.63, 3.8) is 0 Å². The number of para-hydroxylation sites is 1. The van der Waals surface area contributed by atoms with Gasteiger partial charge in [-0.05, 0) is 37.6 Å². The third-order valence-corrected chi connectivity index (χ3v) is 5.75. The summed E-state index contributed by atoms with van der Waals surface area (Å²) in [6.45, 7) is 4.11. The normalized spacial score (nSPS) is 12.0. The number of rotatable bonds is 1. The summed E-state index contributed by atoms with van der Waals surface area (Å²) >= 11 is 0. The minimum absolute atomic E-state index is 0.685. The summed E-state index contributed by atoms with van der Waals surface area (Å²) in [5.41, 5.74) is 7.63. The van der Waals surface area contributed by atoms with Gasteiger partial charge in [0, 0.05) is 33.3 Å². The van der Waals surface area contributed by atoms with E-state index in [0.29, 0.717) is 5.71 Å². The Morgan fingerprint density at radius 3 is 2.52 bits per heavy atom. The highest BCUT2D eigenvalue weighted by Crippen LogP contribution is 2.38. The lowest BCUT2D eigenvalue weighted by atomic mass is 10.00. The van der Waals surface area contributed by atoms with E-state index in [4.69, 9.17) is 8.83 Å². The second kappa shape index (κ2) is 5.67. The molecule has 0 aliphatic rings. The zero-order chi connectivity index (χ0) is 19.7. The maximum absolute atomic E-state index is 6.29. The van der Waals surface area contributed by atoms with E-state index < -0.39 is 0 Å². The number of hydrogen-bond donors (Lipinski definition) is 0. The van der Waals surface area contributed by atoms with Gasteiger partial charge in [-0.3, -0.25) is 0 Å². The SMILES string of the molecule is Cc1ccc2c(n1)oc1c(-c3cc4c(c[n+]3C)oc3ccccc34)c(C)ccc12. The topological polar surface area (TPSA) is 43.0 Å². The van der Waals surface area contributed by atoms with Crippen molar-refractivity contribution < 1.29 is 13.4 Å². The van der Waals surface area contributed by atoms with Crippen molar-refractivity contribution in [1.29, 1.82) is 0 Å². The summed E-state index contributed by atoms with van der Waals surface area (Å²) < 4.78 is 14.4. The second-order valence-corrected chi connectivity index (χ2v) is 7.69. The lowest BCUT2D eigenvalue weighted by Crippen LogP contribution is -2.30. The lowest BCUT2D eigenvalue weighted by Gasteiger charge is -2.05. The van der Waals surface area contributed by atoms with Crippen molar-refractivity contribution in [1.82, 2.24) is 4.98 Å². The number of nitrogens with zero attached hydrogens (tertiary/aromatic N) is 2. The molecule has 0 radical (unpaired) electrons. The van der Waals surface area contributed by atoms with Gasteiger partial charge in [0.2, 0.25) is 17.6 Å². The standard InChI is InChI=1S/C25H19N2O2/c1-14-8-10-17-18-11-9-15(2)26-25(18)29-24(17)23(14)20-12-19-16-6-4-5-7-21(16)28-22(19)13-27(20)3/h4-13H,1-3H3/q+1. The number of aryl methyl sites for hydroxylation is 3. The first-order chi connectivity index (χ1) is 14.1. The molecule has 0 amide bonds. The number of benzene rings is 2. The Morgan fingerprint density at radius 2 is 1.62 bits per heavy atom. The molecule has 2 aromatic carbocycles. The van der Waals surface area contributed by atoms with Gasteiger partial charge in [-0.15, -0.1) is 0 Å². The first-order valence-corrected chi connectivity index (χ1v) is 9.71. The van der Waals surface area contributed by atoms with Crippen LogP contribution in [0.1, 0.15) is 11.3 Å². The van der Waals surface area contributed by atoms with E-state index in [-0.39, 0.29) is 0 Å². The number of hydrogen-bond acceptors (Lipinski definition) is 3. The molecule has 0 saturated carbocycles. The molecule has 29 heavy (non-hydrogen) atoms. The minimum Gasteiger partial charge on any atom is -0.450 e. The average Bonchev–Trinajstić information content (AvgIpc) is 3.24. The second-order valence-electron chi connectivity index (χ2n) is 7.69. The molecule has 0 unspecified atom stereocenters. The van der Waals surface area contributed by atoms with Gasteiger partial charge >= 0.3 is 0 Å². The van der Waals surface area contributed by atoms with Gasteiger partial charge in [0.05, 0.1) is 5.56 Å². The molecule has 4 heterocycles. The van der Waals surface area contributed by atoms with Crippen LogP contribution in [0.25, 0.3) is 55.3 Å². The fourth-order valence-corrected chi connectivity index (χ4v) is 4.29. The highest BCUT2D eigenvalue weighted by Gasteiger charge is 2.23. The van der Waals surface area contributed by atoms with Gasteiger partial charge in [-0.25, -0.2) is 4.98 Å². The number of fused-ring (bicyclic) bond motifs is 6. The molecule has 0 bridgehead atoms. The summed E-state index contributed by atoms with van der Waals surface area (Å²) in [6, 6.07) is 18.8. The Hall–Kier alpha value is -3.66. The summed E-state index contributed by atoms with van der Waals surface area (Å²) in [7, 11) is 2.05. The summed E-state index contributed by atoms with van der Waals surface area (Å²) in [5, 5.41) is 4.36. The maximum atomic E-state index is 6.29. The van der Waals surface area contributed by atoms with E-state index in [9.17, 15) is 0 Å². The Balaban J connectivity index is 1.74. The smallest absolute Gasteiger partial charge is 0.227 e. The van der Waals surface area contributed by atoms with Gasteiger partial charge in [0.25, 0.3) is 0 Å². The highest BCUT2D eigenvalue weighted by atomic mass is 16.3. The van der Waals surface area contributed by atoms with Crippen LogP contribution in [0.5, 0.6) is 0 Å². The van der Waals surface area contributed by atoms with Crippen molar-refractivity contribution in [2.24, 2.45) is 7.05 Å². The lowest BCUT2D eigenvalue weighted by molar-refractivity contribution is -0.659. The van der Waals surface area contributed by atoms with E-state index in [1.54, 1.807) is 0 Å². The van der Waals surface area contributed by atoms with E-state index in [1.165, 1.54) is 0 Å². The van der Waals surface area contributed by atoms with Crippen LogP contribution >= 0.6 is 0 Å². The van der Waals surface area contributed by atoms with Gasteiger partial charge in [0.15, 0.2) is 11.2 Å². The molecule has 0 spiro atoms. The van der Waals surface area contributed by atoms with Crippen LogP contribution < -0.4 is 4.57 Å². The molecule has 6 rings (SSSR count). The Bertz CT molecular complexity index is 1590. The van der Waals surface area contributed by atoms with E-state index in [1.807, 2.05) is 44.4 Å². The van der Waals surface area contributed by atoms with Crippen molar-refractivity contribution in [3.05, 3.63) is 72.1 Å². The maximum Gasteiger partial charge on any atom is 0.227 e. The van der Waals surface area contributed by atoms with Crippen LogP contribution in [0.2, 0.25) is 0 Å². The van der Waals surface area contributed by atoms with Crippen LogP contribution in [0.15, 0.2) is 69.6 Å². The quantitative estimate of drug-likeness (QED) is 0.330. The van der Waals surface area contributed by atoms with Crippen molar-refractivity contribution in [2.45, 2.75) is 13.8 Å². The van der Waals surface area contributed by atoms with E-state index >= 15 is 0 Å². The molecule has 4 aromatic heterocycles. The summed E-state index contributed by atoms with van der Waals surface area (Å²) in [4.78, 5) is 4.59. The number of aromatic nitrogens is 2. The molecule has 0 aliphatic heterocycles. The predicted molar refractivity (Wildman–Crippen MR) is 115 cm³/mol. The van der Waals surface area contributed by atoms with Gasteiger partial charge in [-0.1, -0.05) is 30.3 Å². The Kier molecular flexibility index (Phi) is 3.19. The molecule has 0 N–H and O–H groups in total. The van der Waals surface area contributed by atoms with Gasteiger partial charge in [0.1, 0.15) is 12.6 Å². The van der Waals surface area contributed by atoms with Crippen molar-refractivity contribution in [2.75, 3.05) is 0 Å². The Morgan fingerprint density at radius 1 is 0.793 bits per heavy atom. The summed E-state index contributed by atoms with van der Waals surface area (Å²) in [6.07, 6.45) is 2.05.